The van der Waals surface area contributed by atoms with E-state index in [0.29, 0.717) is 12.1 Å². The summed E-state index contributed by atoms with van der Waals surface area (Å²) in [5.41, 5.74) is 4.89. The van der Waals surface area contributed by atoms with E-state index in [1.807, 2.05) is 53.9 Å². The van der Waals surface area contributed by atoms with Gasteiger partial charge in [-0.15, -0.1) is 0 Å². The van der Waals surface area contributed by atoms with E-state index in [1.54, 1.807) is 36.7 Å². The van der Waals surface area contributed by atoms with Gasteiger partial charge in [-0.25, -0.2) is 4.98 Å². The van der Waals surface area contributed by atoms with Crippen LogP contribution in [0.5, 0.6) is 5.75 Å². The SMILES string of the molecule is CN(C)CCNC(=O)c1ccc(-c2cn3c(-c4ccc(O)cc4)cnc3cn2)cc1. The van der Waals surface area contributed by atoms with Crippen molar-refractivity contribution in [3.8, 4) is 28.3 Å². The number of carbonyl (C=O) groups excluding carboxylic acids is 1. The minimum Gasteiger partial charge on any atom is -0.508 e. The maximum absolute atomic E-state index is 12.3. The Morgan fingerprint density at radius 1 is 1.00 bits per heavy atom. The van der Waals surface area contributed by atoms with Crippen molar-refractivity contribution in [2.45, 2.75) is 0 Å². The van der Waals surface area contributed by atoms with Crippen LogP contribution in [0.2, 0.25) is 0 Å². The third-order valence-corrected chi connectivity index (χ3v) is 4.85. The highest BCUT2D eigenvalue weighted by molar-refractivity contribution is 5.94. The second-order valence-corrected chi connectivity index (χ2v) is 7.33. The number of imidazole rings is 1. The van der Waals surface area contributed by atoms with Gasteiger partial charge in [0.05, 0.1) is 23.8 Å². The fourth-order valence-electron chi connectivity index (χ4n) is 3.17. The molecule has 0 saturated heterocycles. The second kappa shape index (κ2) is 8.34. The number of phenolic OH excluding ortho intramolecular Hbond substituents is 1. The minimum absolute atomic E-state index is 0.0870. The molecule has 0 aliphatic carbocycles. The van der Waals surface area contributed by atoms with Gasteiger partial charge in [-0.05, 0) is 50.5 Å². The van der Waals surface area contributed by atoms with Gasteiger partial charge in [0.2, 0.25) is 0 Å². The van der Waals surface area contributed by atoms with E-state index in [1.165, 1.54) is 0 Å². The number of phenols is 1. The summed E-state index contributed by atoms with van der Waals surface area (Å²) >= 11 is 0. The van der Waals surface area contributed by atoms with Gasteiger partial charge in [-0.2, -0.15) is 0 Å². The number of amides is 1. The Kier molecular flexibility index (Phi) is 5.45. The third kappa shape index (κ3) is 4.16. The number of carbonyl (C=O) groups is 1. The molecule has 30 heavy (non-hydrogen) atoms. The van der Waals surface area contributed by atoms with Crippen molar-refractivity contribution in [1.29, 1.82) is 0 Å². The van der Waals surface area contributed by atoms with Gasteiger partial charge in [-0.3, -0.25) is 14.2 Å². The molecule has 0 radical (unpaired) electrons. The van der Waals surface area contributed by atoms with Crippen LogP contribution in [0.3, 0.4) is 0 Å². The van der Waals surface area contributed by atoms with Crippen LogP contribution in [0.25, 0.3) is 28.2 Å². The quantitative estimate of drug-likeness (QED) is 0.519. The molecule has 7 nitrogen and oxygen atoms in total. The van der Waals surface area contributed by atoms with E-state index in [-0.39, 0.29) is 11.7 Å². The first-order chi connectivity index (χ1) is 14.5. The van der Waals surface area contributed by atoms with E-state index >= 15 is 0 Å². The van der Waals surface area contributed by atoms with Crippen molar-refractivity contribution in [3.63, 3.8) is 0 Å². The lowest BCUT2D eigenvalue weighted by molar-refractivity contribution is 0.0951. The molecule has 0 fully saturated rings. The lowest BCUT2D eigenvalue weighted by Crippen LogP contribution is -2.31. The molecule has 0 atom stereocenters. The zero-order valence-electron chi connectivity index (χ0n) is 16.9. The predicted molar refractivity (Wildman–Crippen MR) is 116 cm³/mol. The molecule has 0 aliphatic heterocycles. The Bertz CT molecular complexity index is 1160. The summed E-state index contributed by atoms with van der Waals surface area (Å²) in [6.07, 6.45) is 5.44. The molecule has 4 aromatic rings. The predicted octanol–water partition coefficient (Wildman–Crippen LogP) is 3.06. The monoisotopic (exact) mass is 401 g/mol. The maximum Gasteiger partial charge on any atom is 0.251 e. The van der Waals surface area contributed by atoms with Crippen molar-refractivity contribution >= 4 is 11.6 Å². The molecule has 0 spiro atoms. The highest BCUT2D eigenvalue weighted by atomic mass is 16.3. The van der Waals surface area contributed by atoms with Crippen LogP contribution in [0.15, 0.2) is 67.1 Å². The summed E-state index contributed by atoms with van der Waals surface area (Å²) < 4.78 is 1.97. The molecule has 2 aromatic heterocycles. The number of hydrogen-bond donors (Lipinski definition) is 2. The van der Waals surface area contributed by atoms with Crippen molar-refractivity contribution in [3.05, 3.63) is 72.7 Å². The van der Waals surface area contributed by atoms with Crippen LogP contribution in [0.1, 0.15) is 10.4 Å². The van der Waals surface area contributed by atoms with Crippen LogP contribution < -0.4 is 5.32 Å². The Hall–Kier alpha value is -3.71. The van der Waals surface area contributed by atoms with E-state index in [9.17, 15) is 9.90 Å². The highest BCUT2D eigenvalue weighted by Gasteiger charge is 2.10. The van der Waals surface area contributed by atoms with E-state index < -0.39 is 0 Å². The standard InChI is InChI=1S/C23H23N5O2/c1-27(2)12-11-24-23(30)18-5-3-16(4-6-18)20-15-28-21(13-26-22(28)14-25-20)17-7-9-19(29)10-8-17/h3-10,13-15,29H,11-12H2,1-2H3,(H,24,30). The van der Waals surface area contributed by atoms with Crippen molar-refractivity contribution in [1.82, 2.24) is 24.6 Å². The minimum atomic E-state index is -0.0870. The zero-order valence-corrected chi connectivity index (χ0v) is 16.9. The van der Waals surface area contributed by atoms with Crippen LogP contribution in [-0.2, 0) is 0 Å². The summed E-state index contributed by atoms with van der Waals surface area (Å²) in [5.74, 6) is 0.136. The second-order valence-electron chi connectivity index (χ2n) is 7.33. The fourth-order valence-corrected chi connectivity index (χ4v) is 3.17. The molecule has 1 amide bonds. The molecule has 2 heterocycles. The Morgan fingerprint density at radius 3 is 2.40 bits per heavy atom. The molecular weight excluding hydrogens is 378 g/mol. The van der Waals surface area contributed by atoms with Crippen LogP contribution in [0.4, 0.5) is 0 Å². The van der Waals surface area contributed by atoms with Gasteiger partial charge < -0.3 is 15.3 Å². The number of hydrogen-bond acceptors (Lipinski definition) is 5. The topological polar surface area (TPSA) is 82.8 Å². The lowest BCUT2D eigenvalue weighted by atomic mass is 10.1. The molecule has 152 valence electrons. The summed E-state index contributed by atoms with van der Waals surface area (Å²) in [5, 5.41) is 12.4. The molecular formula is C23H23N5O2. The molecule has 0 aliphatic rings. The van der Waals surface area contributed by atoms with Gasteiger partial charge in [0.25, 0.3) is 5.91 Å². The van der Waals surface area contributed by atoms with E-state index in [4.69, 9.17) is 0 Å². The lowest BCUT2D eigenvalue weighted by Gasteiger charge is -2.10. The summed E-state index contributed by atoms with van der Waals surface area (Å²) in [6.45, 7) is 1.40. The number of benzene rings is 2. The number of aromatic nitrogens is 3. The maximum atomic E-state index is 12.3. The van der Waals surface area contributed by atoms with E-state index in [0.717, 1.165) is 34.7 Å². The number of nitrogens with zero attached hydrogens (tertiary/aromatic N) is 4. The number of aromatic hydroxyl groups is 1. The van der Waals surface area contributed by atoms with Gasteiger partial charge >= 0.3 is 0 Å². The summed E-state index contributed by atoms with van der Waals surface area (Å²) in [4.78, 5) is 23.2. The summed E-state index contributed by atoms with van der Waals surface area (Å²) in [7, 11) is 3.94. The normalized spacial score (nSPS) is 11.2. The average molecular weight is 401 g/mol. The van der Waals surface area contributed by atoms with E-state index in [2.05, 4.69) is 15.3 Å². The Balaban J connectivity index is 1.58. The molecule has 2 aromatic carbocycles. The average Bonchev–Trinajstić information content (AvgIpc) is 3.17. The molecule has 4 rings (SSSR count). The molecule has 2 N–H and O–H groups in total. The highest BCUT2D eigenvalue weighted by Crippen LogP contribution is 2.25. The summed E-state index contributed by atoms with van der Waals surface area (Å²) in [6, 6.07) is 14.4. The molecule has 7 heteroatoms. The number of nitrogens with one attached hydrogen (secondary N) is 1. The smallest absolute Gasteiger partial charge is 0.251 e. The number of rotatable bonds is 6. The van der Waals surface area contributed by atoms with Crippen LogP contribution >= 0.6 is 0 Å². The van der Waals surface area contributed by atoms with Crippen molar-refractivity contribution in [2.75, 3.05) is 27.2 Å². The van der Waals surface area contributed by atoms with Gasteiger partial charge in [0.15, 0.2) is 5.65 Å². The molecule has 0 saturated carbocycles. The number of fused-ring (bicyclic) bond motifs is 1. The van der Waals surface area contributed by atoms with Gasteiger partial charge in [-0.1, -0.05) is 12.1 Å². The fraction of sp³-hybridized carbons (Fsp3) is 0.174. The third-order valence-electron chi connectivity index (χ3n) is 4.85. The van der Waals surface area contributed by atoms with Crippen LogP contribution in [0, 0.1) is 0 Å². The van der Waals surface area contributed by atoms with Crippen LogP contribution in [-0.4, -0.2) is 57.5 Å². The van der Waals surface area contributed by atoms with Crippen molar-refractivity contribution < 1.29 is 9.90 Å². The Morgan fingerprint density at radius 2 is 1.70 bits per heavy atom. The first-order valence-electron chi connectivity index (χ1n) is 9.67. The molecule has 0 unspecified atom stereocenters. The van der Waals surface area contributed by atoms with Crippen molar-refractivity contribution in [2.24, 2.45) is 0 Å². The van der Waals surface area contributed by atoms with Gasteiger partial charge in [0.1, 0.15) is 5.75 Å². The zero-order chi connectivity index (χ0) is 21.1. The molecule has 0 bridgehead atoms. The largest absolute Gasteiger partial charge is 0.508 e. The Labute approximate surface area is 174 Å². The first kappa shape index (κ1) is 19.6. The number of likely N-dealkylation sites (N-methyl/N-ethyl adjacent to an activating group) is 1. The van der Waals surface area contributed by atoms with Gasteiger partial charge in [0, 0.05) is 36.0 Å². The first-order valence-corrected chi connectivity index (χ1v) is 9.67.